The standard InChI is InChI=1S/C16H26N2O/c1-4-7-15-12-18(11-13(2)19-3)16-9-6-5-8-14(16)10-17-15/h5-6,8-9,13,15,17H,4,7,10-12H2,1-3H3. The van der Waals surface area contributed by atoms with Crippen LogP contribution in [0.2, 0.25) is 0 Å². The molecule has 2 rings (SSSR count). The first kappa shape index (κ1) is 14.4. The van der Waals surface area contributed by atoms with Gasteiger partial charge in [0.25, 0.3) is 0 Å². The summed E-state index contributed by atoms with van der Waals surface area (Å²) < 4.78 is 5.44. The lowest BCUT2D eigenvalue weighted by Crippen LogP contribution is -2.41. The van der Waals surface area contributed by atoms with Crippen molar-refractivity contribution in [3.8, 4) is 0 Å². The fourth-order valence-electron chi connectivity index (χ4n) is 2.75. The van der Waals surface area contributed by atoms with Crippen LogP contribution in [0.3, 0.4) is 0 Å². The molecule has 3 nitrogen and oxygen atoms in total. The van der Waals surface area contributed by atoms with Crippen molar-refractivity contribution in [3.63, 3.8) is 0 Å². The lowest BCUT2D eigenvalue weighted by molar-refractivity contribution is 0.123. The number of benzene rings is 1. The van der Waals surface area contributed by atoms with Crippen molar-refractivity contribution in [1.29, 1.82) is 0 Å². The van der Waals surface area contributed by atoms with E-state index in [1.54, 1.807) is 7.11 Å². The lowest BCUT2D eigenvalue weighted by atomic mass is 10.1. The van der Waals surface area contributed by atoms with Gasteiger partial charge in [0.1, 0.15) is 0 Å². The topological polar surface area (TPSA) is 24.5 Å². The molecule has 0 fully saturated rings. The van der Waals surface area contributed by atoms with Crippen molar-refractivity contribution < 1.29 is 4.74 Å². The third-order valence-corrected chi connectivity index (χ3v) is 3.87. The molecule has 3 heteroatoms. The number of methoxy groups -OCH3 is 1. The Kier molecular flexibility index (Phi) is 5.23. The Morgan fingerprint density at radius 2 is 2.21 bits per heavy atom. The van der Waals surface area contributed by atoms with Gasteiger partial charge in [0.05, 0.1) is 6.10 Å². The molecular formula is C16H26N2O. The van der Waals surface area contributed by atoms with E-state index in [1.165, 1.54) is 24.1 Å². The van der Waals surface area contributed by atoms with E-state index in [4.69, 9.17) is 4.74 Å². The first-order valence-electron chi connectivity index (χ1n) is 7.33. The molecule has 2 atom stereocenters. The number of rotatable bonds is 5. The Morgan fingerprint density at radius 3 is 2.95 bits per heavy atom. The fourth-order valence-corrected chi connectivity index (χ4v) is 2.75. The molecule has 1 N–H and O–H groups in total. The molecule has 2 unspecified atom stereocenters. The van der Waals surface area contributed by atoms with Crippen molar-refractivity contribution >= 4 is 5.69 Å². The van der Waals surface area contributed by atoms with Gasteiger partial charge >= 0.3 is 0 Å². The molecule has 0 spiro atoms. The summed E-state index contributed by atoms with van der Waals surface area (Å²) in [5, 5.41) is 3.68. The average Bonchev–Trinajstić information content (AvgIpc) is 2.60. The van der Waals surface area contributed by atoms with Gasteiger partial charge in [-0.25, -0.2) is 0 Å². The molecule has 1 aromatic rings. The van der Waals surface area contributed by atoms with Crippen LogP contribution >= 0.6 is 0 Å². The minimum absolute atomic E-state index is 0.258. The monoisotopic (exact) mass is 262 g/mol. The van der Waals surface area contributed by atoms with Crippen LogP contribution in [0.5, 0.6) is 0 Å². The second-order valence-electron chi connectivity index (χ2n) is 5.45. The van der Waals surface area contributed by atoms with Gasteiger partial charge in [-0.2, -0.15) is 0 Å². The first-order valence-corrected chi connectivity index (χ1v) is 7.33. The molecule has 0 saturated carbocycles. The molecule has 1 aromatic carbocycles. The summed E-state index contributed by atoms with van der Waals surface area (Å²) in [5.41, 5.74) is 2.75. The van der Waals surface area contributed by atoms with Crippen molar-refractivity contribution in [2.45, 2.75) is 45.4 Å². The Bertz CT molecular complexity index is 394. The van der Waals surface area contributed by atoms with Gasteiger partial charge in [0.15, 0.2) is 0 Å². The molecule has 1 aliphatic rings. The molecule has 0 aromatic heterocycles. The molecular weight excluding hydrogens is 236 g/mol. The molecule has 0 aliphatic carbocycles. The second kappa shape index (κ2) is 6.92. The van der Waals surface area contributed by atoms with E-state index in [0.717, 1.165) is 19.6 Å². The Morgan fingerprint density at radius 1 is 1.42 bits per heavy atom. The SMILES string of the molecule is CCCC1CN(CC(C)OC)c2ccccc2CN1. The number of anilines is 1. The molecule has 0 amide bonds. The van der Waals surface area contributed by atoms with E-state index < -0.39 is 0 Å². The van der Waals surface area contributed by atoms with E-state index in [0.29, 0.717) is 6.04 Å². The average molecular weight is 262 g/mol. The summed E-state index contributed by atoms with van der Waals surface area (Å²) >= 11 is 0. The van der Waals surface area contributed by atoms with Crippen LogP contribution in [-0.4, -0.2) is 32.3 Å². The Hall–Kier alpha value is -1.06. The zero-order chi connectivity index (χ0) is 13.7. The van der Waals surface area contributed by atoms with Crippen LogP contribution in [-0.2, 0) is 11.3 Å². The number of nitrogens with zero attached hydrogens (tertiary/aromatic N) is 1. The highest BCUT2D eigenvalue weighted by molar-refractivity contribution is 5.54. The number of hydrogen-bond donors (Lipinski definition) is 1. The van der Waals surface area contributed by atoms with Crippen molar-refractivity contribution in [2.24, 2.45) is 0 Å². The normalized spacial score (nSPS) is 20.8. The first-order chi connectivity index (χ1) is 9.24. The molecule has 106 valence electrons. The number of ether oxygens (including phenoxy) is 1. The quantitative estimate of drug-likeness (QED) is 0.883. The second-order valence-corrected chi connectivity index (χ2v) is 5.45. The number of fused-ring (bicyclic) bond motifs is 1. The minimum Gasteiger partial charge on any atom is -0.380 e. The number of para-hydroxylation sites is 1. The van der Waals surface area contributed by atoms with Crippen LogP contribution < -0.4 is 10.2 Å². The largest absolute Gasteiger partial charge is 0.380 e. The van der Waals surface area contributed by atoms with E-state index in [2.05, 4.69) is 48.3 Å². The Balaban J connectivity index is 2.19. The van der Waals surface area contributed by atoms with Gasteiger partial charge in [-0.15, -0.1) is 0 Å². The predicted molar refractivity (Wildman–Crippen MR) is 80.7 cm³/mol. The Labute approximate surface area is 116 Å². The minimum atomic E-state index is 0.258. The maximum Gasteiger partial charge on any atom is 0.0718 e. The highest BCUT2D eigenvalue weighted by Crippen LogP contribution is 2.24. The van der Waals surface area contributed by atoms with Crippen LogP contribution in [0.1, 0.15) is 32.3 Å². The number of nitrogens with one attached hydrogen (secondary N) is 1. The zero-order valence-electron chi connectivity index (χ0n) is 12.4. The molecule has 19 heavy (non-hydrogen) atoms. The van der Waals surface area contributed by atoms with Gasteiger partial charge in [0, 0.05) is 38.5 Å². The summed E-state index contributed by atoms with van der Waals surface area (Å²) in [6.45, 7) is 7.38. The van der Waals surface area contributed by atoms with E-state index in [9.17, 15) is 0 Å². The summed E-state index contributed by atoms with van der Waals surface area (Å²) in [6.07, 6.45) is 2.71. The zero-order valence-corrected chi connectivity index (χ0v) is 12.4. The van der Waals surface area contributed by atoms with E-state index >= 15 is 0 Å². The summed E-state index contributed by atoms with van der Waals surface area (Å²) in [6, 6.07) is 9.28. The highest BCUT2D eigenvalue weighted by Gasteiger charge is 2.21. The highest BCUT2D eigenvalue weighted by atomic mass is 16.5. The van der Waals surface area contributed by atoms with Gasteiger partial charge in [-0.05, 0) is 25.0 Å². The molecule has 1 aliphatic heterocycles. The summed E-state index contributed by atoms with van der Waals surface area (Å²) in [4.78, 5) is 2.48. The van der Waals surface area contributed by atoms with Crippen LogP contribution in [0, 0.1) is 0 Å². The predicted octanol–water partition coefficient (Wildman–Crippen LogP) is 2.80. The van der Waals surface area contributed by atoms with E-state index in [-0.39, 0.29) is 6.10 Å². The third kappa shape index (κ3) is 3.71. The van der Waals surface area contributed by atoms with Crippen LogP contribution in [0.4, 0.5) is 5.69 Å². The van der Waals surface area contributed by atoms with Crippen LogP contribution in [0.15, 0.2) is 24.3 Å². The molecule has 1 heterocycles. The fraction of sp³-hybridized carbons (Fsp3) is 0.625. The van der Waals surface area contributed by atoms with Gasteiger partial charge in [-0.1, -0.05) is 31.5 Å². The van der Waals surface area contributed by atoms with Crippen molar-refractivity contribution in [3.05, 3.63) is 29.8 Å². The van der Waals surface area contributed by atoms with Gasteiger partial charge in [-0.3, -0.25) is 0 Å². The lowest BCUT2D eigenvalue weighted by Gasteiger charge is -2.29. The molecule has 0 bridgehead atoms. The maximum atomic E-state index is 5.44. The van der Waals surface area contributed by atoms with Crippen molar-refractivity contribution in [2.75, 3.05) is 25.1 Å². The van der Waals surface area contributed by atoms with Gasteiger partial charge < -0.3 is 15.0 Å². The van der Waals surface area contributed by atoms with E-state index in [1.807, 2.05) is 0 Å². The summed E-state index contributed by atoms with van der Waals surface area (Å²) in [5.74, 6) is 0. The smallest absolute Gasteiger partial charge is 0.0718 e. The van der Waals surface area contributed by atoms with Crippen LogP contribution in [0.25, 0.3) is 0 Å². The molecule has 0 saturated heterocycles. The third-order valence-electron chi connectivity index (χ3n) is 3.87. The van der Waals surface area contributed by atoms with Crippen molar-refractivity contribution in [1.82, 2.24) is 5.32 Å². The maximum absolute atomic E-state index is 5.44. The number of hydrogen-bond acceptors (Lipinski definition) is 3. The molecule has 0 radical (unpaired) electrons. The summed E-state index contributed by atoms with van der Waals surface area (Å²) in [7, 11) is 1.79. The van der Waals surface area contributed by atoms with Gasteiger partial charge in [0.2, 0.25) is 0 Å².